The average molecular weight is 177 g/mol. The van der Waals surface area contributed by atoms with Crippen LogP contribution in [0.5, 0.6) is 0 Å². The van der Waals surface area contributed by atoms with Gasteiger partial charge in [-0.05, 0) is 18.2 Å². The van der Waals surface area contributed by atoms with Crippen LogP contribution in [0.4, 0.5) is 0 Å². The van der Waals surface area contributed by atoms with Gasteiger partial charge in [-0.25, -0.2) is 4.98 Å². The van der Waals surface area contributed by atoms with Crippen LogP contribution in [0.1, 0.15) is 19.5 Å². The van der Waals surface area contributed by atoms with E-state index in [9.17, 15) is 0 Å². The van der Waals surface area contributed by atoms with Gasteiger partial charge < -0.3 is 10.7 Å². The third kappa shape index (κ3) is 2.06. The molecule has 3 N–H and O–H groups in total. The second kappa shape index (κ2) is 4.62. The highest BCUT2D eigenvalue weighted by molar-refractivity contribution is 5.74. The third-order valence-corrected chi connectivity index (χ3v) is 1.67. The molecule has 13 heavy (non-hydrogen) atoms. The van der Waals surface area contributed by atoms with Crippen LogP contribution in [0.15, 0.2) is 24.4 Å². The first kappa shape index (κ1) is 9.74. The summed E-state index contributed by atoms with van der Waals surface area (Å²) in [6.45, 7) is 4.50. The number of fused-ring (bicyclic) bond motifs is 1. The van der Waals surface area contributed by atoms with Crippen LogP contribution in [0.2, 0.25) is 0 Å². The van der Waals surface area contributed by atoms with E-state index >= 15 is 0 Å². The lowest BCUT2D eigenvalue weighted by molar-refractivity contribution is 1.01. The Morgan fingerprint density at radius 3 is 2.77 bits per heavy atom. The van der Waals surface area contributed by atoms with E-state index in [4.69, 9.17) is 5.73 Å². The Labute approximate surface area is 78.0 Å². The molecule has 2 rings (SSSR count). The molecule has 0 amide bonds. The molecule has 0 aromatic carbocycles. The van der Waals surface area contributed by atoms with Crippen LogP contribution in [0.3, 0.4) is 0 Å². The maximum Gasteiger partial charge on any atom is 0.0882 e. The van der Waals surface area contributed by atoms with Crippen LogP contribution >= 0.6 is 0 Å². The maximum absolute atomic E-state index is 5.44. The average Bonchev–Trinajstić information content (AvgIpc) is 2.67. The molecule has 0 atom stereocenters. The second-order valence-electron chi connectivity index (χ2n) is 2.42. The topological polar surface area (TPSA) is 54.7 Å². The number of hydrogen-bond donors (Lipinski definition) is 2. The minimum Gasteiger partial charge on any atom is -0.360 e. The maximum atomic E-state index is 5.44. The molecular formula is C10H15N3. The lowest BCUT2D eigenvalue weighted by Gasteiger charge is -1.94. The zero-order valence-electron chi connectivity index (χ0n) is 8.04. The summed E-state index contributed by atoms with van der Waals surface area (Å²) >= 11 is 0. The Kier molecular flexibility index (Phi) is 3.46. The Bertz CT molecular complexity index is 365. The quantitative estimate of drug-likeness (QED) is 0.700. The summed E-state index contributed by atoms with van der Waals surface area (Å²) in [5.74, 6) is 0. The highest BCUT2D eigenvalue weighted by Crippen LogP contribution is 2.08. The standard InChI is InChI=1S/C8H9N3.C2H6/c9-5-6-1-2-7-8(11-6)3-4-10-7;1-2/h1-4,10H,5,9H2;1-2H3. The monoisotopic (exact) mass is 177 g/mol. The molecule has 0 fully saturated rings. The van der Waals surface area contributed by atoms with Gasteiger partial charge in [0.05, 0.1) is 16.7 Å². The number of nitrogens with two attached hydrogens (primary N) is 1. The molecule has 0 radical (unpaired) electrons. The zero-order chi connectivity index (χ0) is 9.68. The normalized spacial score (nSPS) is 9.46. The van der Waals surface area contributed by atoms with Crippen LogP contribution < -0.4 is 5.73 Å². The Morgan fingerprint density at radius 1 is 1.31 bits per heavy atom. The molecule has 3 heteroatoms. The van der Waals surface area contributed by atoms with Gasteiger partial charge >= 0.3 is 0 Å². The van der Waals surface area contributed by atoms with E-state index in [0.29, 0.717) is 6.54 Å². The van der Waals surface area contributed by atoms with Gasteiger partial charge in [-0.3, -0.25) is 0 Å². The summed E-state index contributed by atoms with van der Waals surface area (Å²) in [7, 11) is 0. The predicted molar refractivity (Wildman–Crippen MR) is 55.3 cm³/mol. The summed E-state index contributed by atoms with van der Waals surface area (Å²) in [4.78, 5) is 7.36. The molecule has 0 saturated heterocycles. The molecule has 3 nitrogen and oxygen atoms in total. The summed E-state index contributed by atoms with van der Waals surface area (Å²) < 4.78 is 0. The molecule has 0 aliphatic heterocycles. The summed E-state index contributed by atoms with van der Waals surface area (Å²) in [6, 6.07) is 5.86. The van der Waals surface area contributed by atoms with Gasteiger partial charge in [-0.1, -0.05) is 13.8 Å². The van der Waals surface area contributed by atoms with Crippen molar-refractivity contribution in [1.82, 2.24) is 9.97 Å². The molecule has 2 heterocycles. The van der Waals surface area contributed by atoms with Crippen molar-refractivity contribution in [3.8, 4) is 0 Å². The Balaban J connectivity index is 0.000000396. The van der Waals surface area contributed by atoms with E-state index in [1.165, 1.54) is 0 Å². The number of nitrogens with zero attached hydrogens (tertiary/aromatic N) is 1. The van der Waals surface area contributed by atoms with Crippen LogP contribution in [-0.2, 0) is 6.54 Å². The smallest absolute Gasteiger partial charge is 0.0882 e. The van der Waals surface area contributed by atoms with Crippen LogP contribution in [0.25, 0.3) is 11.0 Å². The van der Waals surface area contributed by atoms with Gasteiger partial charge in [0.15, 0.2) is 0 Å². The number of hydrogen-bond acceptors (Lipinski definition) is 2. The van der Waals surface area contributed by atoms with Gasteiger partial charge in [0.2, 0.25) is 0 Å². The fourth-order valence-corrected chi connectivity index (χ4v) is 1.09. The summed E-state index contributed by atoms with van der Waals surface area (Å²) in [6.07, 6.45) is 1.87. The minimum atomic E-state index is 0.501. The fourth-order valence-electron chi connectivity index (χ4n) is 1.09. The zero-order valence-corrected chi connectivity index (χ0v) is 8.04. The molecule has 70 valence electrons. The van der Waals surface area contributed by atoms with Crippen molar-refractivity contribution in [1.29, 1.82) is 0 Å². The first-order valence-corrected chi connectivity index (χ1v) is 4.53. The first-order valence-electron chi connectivity index (χ1n) is 4.53. The molecule has 0 aliphatic rings. The molecule has 0 bridgehead atoms. The molecule has 0 saturated carbocycles. The number of aromatic nitrogens is 2. The SMILES string of the molecule is CC.NCc1ccc2[nH]ccc2n1. The van der Waals surface area contributed by atoms with Crippen molar-refractivity contribution in [3.63, 3.8) is 0 Å². The van der Waals surface area contributed by atoms with E-state index in [-0.39, 0.29) is 0 Å². The van der Waals surface area contributed by atoms with Crippen molar-refractivity contribution in [2.24, 2.45) is 5.73 Å². The Hall–Kier alpha value is -1.35. The number of rotatable bonds is 1. The number of pyridine rings is 1. The van der Waals surface area contributed by atoms with Gasteiger partial charge in [0, 0.05) is 12.7 Å². The lowest BCUT2D eigenvalue weighted by Crippen LogP contribution is -1.98. The molecule has 0 spiro atoms. The molecule has 0 unspecified atom stereocenters. The van der Waals surface area contributed by atoms with E-state index in [2.05, 4.69) is 9.97 Å². The minimum absolute atomic E-state index is 0.501. The van der Waals surface area contributed by atoms with Gasteiger partial charge in [0.1, 0.15) is 0 Å². The lowest BCUT2D eigenvalue weighted by atomic mass is 10.3. The van der Waals surface area contributed by atoms with Crippen molar-refractivity contribution >= 4 is 11.0 Å². The number of aromatic amines is 1. The van der Waals surface area contributed by atoms with Gasteiger partial charge in [-0.15, -0.1) is 0 Å². The van der Waals surface area contributed by atoms with E-state index in [0.717, 1.165) is 16.7 Å². The van der Waals surface area contributed by atoms with Crippen LogP contribution in [0, 0.1) is 0 Å². The highest BCUT2D eigenvalue weighted by Gasteiger charge is 1.95. The van der Waals surface area contributed by atoms with E-state index < -0.39 is 0 Å². The van der Waals surface area contributed by atoms with Crippen LogP contribution in [-0.4, -0.2) is 9.97 Å². The number of H-pyrrole nitrogens is 1. The van der Waals surface area contributed by atoms with E-state index in [1.54, 1.807) is 0 Å². The fraction of sp³-hybridized carbons (Fsp3) is 0.300. The Morgan fingerprint density at radius 2 is 2.08 bits per heavy atom. The predicted octanol–water partition coefficient (Wildman–Crippen LogP) is 2.05. The summed E-state index contributed by atoms with van der Waals surface area (Å²) in [5.41, 5.74) is 8.40. The molecule has 2 aromatic heterocycles. The van der Waals surface area contributed by atoms with E-state index in [1.807, 2.05) is 38.2 Å². The van der Waals surface area contributed by atoms with Crippen molar-refractivity contribution in [2.75, 3.05) is 0 Å². The van der Waals surface area contributed by atoms with Crippen molar-refractivity contribution in [3.05, 3.63) is 30.1 Å². The van der Waals surface area contributed by atoms with Gasteiger partial charge in [0.25, 0.3) is 0 Å². The number of nitrogens with one attached hydrogen (secondary N) is 1. The molecule has 2 aromatic rings. The first-order chi connectivity index (χ1) is 6.40. The molecule has 0 aliphatic carbocycles. The largest absolute Gasteiger partial charge is 0.360 e. The van der Waals surface area contributed by atoms with Crippen molar-refractivity contribution < 1.29 is 0 Å². The third-order valence-electron chi connectivity index (χ3n) is 1.67. The highest BCUT2D eigenvalue weighted by atomic mass is 14.8. The molecular weight excluding hydrogens is 162 g/mol. The summed E-state index contributed by atoms with van der Waals surface area (Å²) in [5, 5.41) is 0. The second-order valence-corrected chi connectivity index (χ2v) is 2.42. The van der Waals surface area contributed by atoms with Crippen molar-refractivity contribution in [2.45, 2.75) is 20.4 Å². The van der Waals surface area contributed by atoms with Gasteiger partial charge in [-0.2, -0.15) is 0 Å².